The standard InChI is InChI=1S/C31H21NS/c1-3-12-22(13-4-1)24-16-7-8-17-26(24)30-27-19-11-18-25(23-14-5-2-6-15-23)29(27)31(33-30)28-20-9-10-21-32-28/h1-21H. The van der Waals surface area contributed by atoms with Crippen molar-refractivity contribution in [3.05, 3.63) is 128 Å². The SMILES string of the molecule is c1ccc(-c2ccccc2-c2sc(-c3ccccn3)c3c(-c4ccccc4)cccc23)cc1. The van der Waals surface area contributed by atoms with Crippen LogP contribution in [0.2, 0.25) is 0 Å². The van der Waals surface area contributed by atoms with Crippen LogP contribution in [0, 0.1) is 0 Å². The summed E-state index contributed by atoms with van der Waals surface area (Å²) < 4.78 is 0. The molecule has 2 heteroatoms. The first-order chi connectivity index (χ1) is 16.4. The maximum Gasteiger partial charge on any atom is 0.0808 e. The molecule has 0 saturated heterocycles. The molecule has 0 unspecified atom stereocenters. The Morgan fingerprint density at radius 3 is 1.76 bits per heavy atom. The fourth-order valence-corrected chi connectivity index (χ4v) is 5.80. The van der Waals surface area contributed by atoms with Gasteiger partial charge in [-0.05, 0) is 34.4 Å². The third-order valence-corrected chi connectivity index (χ3v) is 7.24. The smallest absolute Gasteiger partial charge is 0.0808 e. The zero-order chi connectivity index (χ0) is 22.0. The second-order valence-corrected chi connectivity index (χ2v) is 9.00. The molecule has 0 bridgehead atoms. The van der Waals surface area contributed by atoms with Crippen LogP contribution in [-0.2, 0) is 0 Å². The summed E-state index contributed by atoms with van der Waals surface area (Å²) in [4.78, 5) is 7.22. The van der Waals surface area contributed by atoms with Crippen LogP contribution in [0.15, 0.2) is 128 Å². The first-order valence-electron chi connectivity index (χ1n) is 11.1. The van der Waals surface area contributed by atoms with Crippen molar-refractivity contribution < 1.29 is 0 Å². The quantitative estimate of drug-likeness (QED) is 0.267. The van der Waals surface area contributed by atoms with Gasteiger partial charge in [0.05, 0.1) is 10.6 Å². The summed E-state index contributed by atoms with van der Waals surface area (Å²) in [7, 11) is 0. The molecule has 0 saturated carbocycles. The first kappa shape index (κ1) is 19.7. The van der Waals surface area contributed by atoms with Crippen LogP contribution in [-0.4, -0.2) is 4.98 Å². The molecule has 0 amide bonds. The molecule has 156 valence electrons. The number of aromatic nitrogens is 1. The van der Waals surface area contributed by atoms with Gasteiger partial charge in [0.1, 0.15) is 0 Å². The van der Waals surface area contributed by atoms with E-state index in [2.05, 4.69) is 115 Å². The molecule has 0 aliphatic rings. The van der Waals surface area contributed by atoms with Crippen LogP contribution >= 0.6 is 11.3 Å². The van der Waals surface area contributed by atoms with Crippen molar-refractivity contribution in [1.29, 1.82) is 0 Å². The Bertz CT molecular complexity index is 1530. The van der Waals surface area contributed by atoms with E-state index in [-0.39, 0.29) is 0 Å². The van der Waals surface area contributed by atoms with Crippen LogP contribution < -0.4 is 0 Å². The summed E-state index contributed by atoms with van der Waals surface area (Å²) in [6.45, 7) is 0. The molecule has 33 heavy (non-hydrogen) atoms. The fourth-order valence-electron chi connectivity index (χ4n) is 4.48. The molecule has 4 aromatic carbocycles. The van der Waals surface area contributed by atoms with E-state index in [1.807, 2.05) is 23.6 Å². The highest BCUT2D eigenvalue weighted by molar-refractivity contribution is 7.21. The van der Waals surface area contributed by atoms with Crippen LogP contribution in [0.3, 0.4) is 0 Å². The number of pyridine rings is 1. The molecule has 2 heterocycles. The molecule has 0 aliphatic carbocycles. The predicted molar refractivity (Wildman–Crippen MR) is 141 cm³/mol. The van der Waals surface area contributed by atoms with Gasteiger partial charge in [0.25, 0.3) is 0 Å². The van der Waals surface area contributed by atoms with Crippen molar-refractivity contribution in [2.24, 2.45) is 0 Å². The average Bonchev–Trinajstić information content (AvgIpc) is 3.30. The van der Waals surface area contributed by atoms with Gasteiger partial charge in [0.15, 0.2) is 0 Å². The minimum atomic E-state index is 1.01. The van der Waals surface area contributed by atoms with Gasteiger partial charge >= 0.3 is 0 Å². The van der Waals surface area contributed by atoms with E-state index >= 15 is 0 Å². The van der Waals surface area contributed by atoms with Gasteiger partial charge in [-0.3, -0.25) is 4.98 Å². The molecule has 0 spiro atoms. The van der Waals surface area contributed by atoms with Gasteiger partial charge in [-0.1, -0.05) is 109 Å². The van der Waals surface area contributed by atoms with Crippen molar-refractivity contribution in [1.82, 2.24) is 4.98 Å². The lowest BCUT2D eigenvalue weighted by Gasteiger charge is -2.10. The van der Waals surface area contributed by atoms with Gasteiger partial charge in [0, 0.05) is 27.4 Å². The summed E-state index contributed by atoms with van der Waals surface area (Å²) in [6.07, 6.45) is 1.88. The third-order valence-electron chi connectivity index (χ3n) is 5.98. The third kappa shape index (κ3) is 3.55. The van der Waals surface area contributed by atoms with E-state index < -0.39 is 0 Å². The van der Waals surface area contributed by atoms with Crippen LogP contribution in [0.25, 0.3) is 54.0 Å². The maximum absolute atomic E-state index is 4.73. The van der Waals surface area contributed by atoms with Gasteiger partial charge in [-0.2, -0.15) is 0 Å². The number of hydrogen-bond acceptors (Lipinski definition) is 2. The summed E-state index contributed by atoms with van der Waals surface area (Å²) in [5, 5.41) is 2.54. The van der Waals surface area contributed by atoms with Crippen LogP contribution in [0.1, 0.15) is 0 Å². The molecule has 2 aromatic heterocycles. The predicted octanol–water partition coefficient (Wildman–Crippen LogP) is 8.96. The monoisotopic (exact) mass is 439 g/mol. The fraction of sp³-hybridized carbons (Fsp3) is 0. The molecule has 0 radical (unpaired) electrons. The van der Waals surface area contributed by atoms with E-state index in [0.29, 0.717) is 0 Å². The van der Waals surface area contributed by atoms with Crippen molar-refractivity contribution in [2.75, 3.05) is 0 Å². The number of thiophene rings is 1. The van der Waals surface area contributed by atoms with E-state index in [4.69, 9.17) is 4.98 Å². The molecular weight excluding hydrogens is 418 g/mol. The molecule has 1 nitrogen and oxygen atoms in total. The molecule has 0 fully saturated rings. The van der Waals surface area contributed by atoms with Gasteiger partial charge in [-0.15, -0.1) is 11.3 Å². The largest absolute Gasteiger partial charge is 0.255 e. The van der Waals surface area contributed by atoms with Crippen molar-refractivity contribution in [3.8, 4) is 43.3 Å². The summed E-state index contributed by atoms with van der Waals surface area (Å²) in [5.74, 6) is 0. The van der Waals surface area contributed by atoms with Crippen molar-refractivity contribution >= 4 is 22.1 Å². The number of hydrogen-bond donors (Lipinski definition) is 0. The normalized spacial score (nSPS) is 11.0. The highest BCUT2D eigenvalue weighted by atomic mass is 32.1. The van der Waals surface area contributed by atoms with E-state index in [1.54, 1.807) is 0 Å². The zero-order valence-electron chi connectivity index (χ0n) is 18.0. The molecular formula is C31H21NS. The number of nitrogens with zero attached hydrogens (tertiary/aromatic N) is 1. The Morgan fingerprint density at radius 2 is 1.06 bits per heavy atom. The second kappa shape index (κ2) is 8.50. The Kier molecular flexibility index (Phi) is 5.06. The number of rotatable bonds is 4. The van der Waals surface area contributed by atoms with Crippen molar-refractivity contribution in [2.45, 2.75) is 0 Å². The molecule has 0 atom stereocenters. The maximum atomic E-state index is 4.73. The summed E-state index contributed by atoms with van der Waals surface area (Å²) in [5.41, 5.74) is 7.21. The average molecular weight is 440 g/mol. The Hall–Kier alpha value is -4.01. The summed E-state index contributed by atoms with van der Waals surface area (Å²) in [6, 6.07) is 42.8. The first-order valence-corrected chi connectivity index (χ1v) is 11.9. The zero-order valence-corrected chi connectivity index (χ0v) is 18.8. The minimum absolute atomic E-state index is 1.01. The molecule has 0 N–H and O–H groups in total. The van der Waals surface area contributed by atoms with E-state index in [0.717, 1.165) is 5.69 Å². The lowest BCUT2D eigenvalue weighted by atomic mass is 9.94. The van der Waals surface area contributed by atoms with E-state index in [9.17, 15) is 0 Å². The second-order valence-electron chi connectivity index (χ2n) is 7.98. The van der Waals surface area contributed by atoms with Crippen molar-refractivity contribution in [3.63, 3.8) is 0 Å². The Balaban J connectivity index is 1.68. The molecule has 0 aliphatic heterocycles. The Labute approximate surface area is 197 Å². The van der Waals surface area contributed by atoms with Gasteiger partial charge in [0.2, 0.25) is 0 Å². The number of benzene rings is 4. The molecule has 6 rings (SSSR count). The topological polar surface area (TPSA) is 12.9 Å². The minimum Gasteiger partial charge on any atom is -0.255 e. The number of fused-ring (bicyclic) bond motifs is 1. The van der Waals surface area contributed by atoms with Crippen LogP contribution in [0.5, 0.6) is 0 Å². The molecule has 6 aromatic rings. The summed E-state index contributed by atoms with van der Waals surface area (Å²) >= 11 is 1.83. The Morgan fingerprint density at radius 1 is 0.455 bits per heavy atom. The highest BCUT2D eigenvalue weighted by Crippen LogP contribution is 2.49. The highest BCUT2D eigenvalue weighted by Gasteiger charge is 2.20. The lowest BCUT2D eigenvalue weighted by Crippen LogP contribution is -1.84. The lowest BCUT2D eigenvalue weighted by molar-refractivity contribution is 1.34. The van der Waals surface area contributed by atoms with Gasteiger partial charge < -0.3 is 0 Å². The van der Waals surface area contributed by atoms with Crippen LogP contribution in [0.4, 0.5) is 0 Å². The van der Waals surface area contributed by atoms with E-state index in [1.165, 1.54) is 48.3 Å². The van der Waals surface area contributed by atoms with Gasteiger partial charge in [-0.25, -0.2) is 0 Å².